The molecular weight excluding hydrogens is 420 g/mol. The number of carboxylic acids is 2. The fraction of sp³-hybridized carbons (Fsp3) is 0.423. The van der Waals surface area contributed by atoms with Crippen molar-refractivity contribution in [3.63, 3.8) is 0 Å². The van der Waals surface area contributed by atoms with Gasteiger partial charge in [-0.2, -0.15) is 0 Å². The zero-order valence-corrected chi connectivity index (χ0v) is 18.9. The molecule has 7 nitrogen and oxygen atoms in total. The fourth-order valence-electron chi connectivity index (χ4n) is 4.64. The minimum atomic E-state index is -1.26. The summed E-state index contributed by atoms with van der Waals surface area (Å²) in [5.41, 5.74) is 1.16. The van der Waals surface area contributed by atoms with Crippen LogP contribution in [0.5, 0.6) is 0 Å². The Balaban J connectivity index is 0.000000331. The number of rotatable bonds is 6. The minimum absolute atomic E-state index is 0.306. The summed E-state index contributed by atoms with van der Waals surface area (Å²) in [7, 11) is 0. The van der Waals surface area contributed by atoms with E-state index in [4.69, 9.17) is 10.2 Å². The molecule has 2 aromatic rings. The Morgan fingerprint density at radius 1 is 0.848 bits per heavy atom. The number of likely N-dealkylation sites (tertiary alicyclic amines) is 2. The number of benzene rings is 2. The van der Waals surface area contributed by atoms with E-state index in [0.29, 0.717) is 30.5 Å². The van der Waals surface area contributed by atoms with Gasteiger partial charge in [-0.1, -0.05) is 42.5 Å². The fourth-order valence-corrected chi connectivity index (χ4v) is 4.64. The van der Waals surface area contributed by atoms with Gasteiger partial charge in [-0.05, 0) is 61.5 Å². The molecule has 0 spiro atoms. The standard InChI is InChI=1S/C22H28N2O.C4H4O4/c25-22(16-19-10-7-9-18-8-1-2-12-21(18)19)24-15-4-3-11-20(24)17-23-13-5-6-14-23;5-3(6)1-2-4(7)8/h1-2,7-10,12,20H,3-6,11,13-17H2;1-2H,(H,5,6)(H,7,8)/b;2-1-. The highest BCUT2D eigenvalue weighted by Crippen LogP contribution is 2.23. The van der Waals surface area contributed by atoms with Crippen molar-refractivity contribution in [1.29, 1.82) is 0 Å². The second kappa shape index (κ2) is 12.2. The lowest BCUT2D eigenvalue weighted by Gasteiger charge is -2.38. The third-order valence-corrected chi connectivity index (χ3v) is 6.21. The molecule has 176 valence electrons. The number of fused-ring (bicyclic) bond motifs is 1. The number of amides is 1. The van der Waals surface area contributed by atoms with Gasteiger partial charge in [-0.15, -0.1) is 0 Å². The van der Waals surface area contributed by atoms with Crippen molar-refractivity contribution in [2.24, 2.45) is 0 Å². The summed E-state index contributed by atoms with van der Waals surface area (Å²) in [6.07, 6.45) is 7.85. The SMILES string of the molecule is O=C(Cc1cccc2ccccc12)N1CCCCC1CN1CCCC1.O=C(O)/C=C\C(=O)O. The first kappa shape index (κ1) is 24.5. The van der Waals surface area contributed by atoms with Crippen LogP contribution in [0, 0.1) is 0 Å². The molecule has 0 aromatic heterocycles. The lowest BCUT2D eigenvalue weighted by molar-refractivity contribution is -0.134. The molecular formula is C26H32N2O5. The summed E-state index contributed by atoms with van der Waals surface area (Å²) in [5, 5.41) is 18.1. The first-order valence-corrected chi connectivity index (χ1v) is 11.6. The molecule has 4 rings (SSSR count). The van der Waals surface area contributed by atoms with E-state index in [2.05, 4.69) is 52.3 Å². The van der Waals surface area contributed by atoms with Gasteiger partial charge in [-0.3, -0.25) is 4.79 Å². The van der Waals surface area contributed by atoms with Crippen LogP contribution in [0.4, 0.5) is 0 Å². The third-order valence-electron chi connectivity index (χ3n) is 6.21. The number of carbonyl (C=O) groups excluding carboxylic acids is 1. The van der Waals surface area contributed by atoms with Crippen molar-refractivity contribution in [3.05, 3.63) is 60.2 Å². The van der Waals surface area contributed by atoms with Crippen LogP contribution in [-0.4, -0.2) is 70.1 Å². The van der Waals surface area contributed by atoms with Gasteiger partial charge in [0.2, 0.25) is 5.91 Å². The van der Waals surface area contributed by atoms with Crippen LogP contribution in [-0.2, 0) is 20.8 Å². The molecule has 0 saturated carbocycles. The van der Waals surface area contributed by atoms with Crippen molar-refractivity contribution in [1.82, 2.24) is 9.80 Å². The summed E-state index contributed by atoms with van der Waals surface area (Å²) in [6.45, 7) is 4.42. The molecule has 0 radical (unpaired) electrons. The maximum absolute atomic E-state index is 13.1. The van der Waals surface area contributed by atoms with Gasteiger partial charge < -0.3 is 20.0 Å². The molecule has 2 aliphatic heterocycles. The first-order chi connectivity index (χ1) is 15.9. The van der Waals surface area contributed by atoms with E-state index < -0.39 is 11.9 Å². The van der Waals surface area contributed by atoms with Crippen molar-refractivity contribution in [2.75, 3.05) is 26.2 Å². The van der Waals surface area contributed by atoms with Gasteiger partial charge in [-0.25, -0.2) is 9.59 Å². The topological polar surface area (TPSA) is 98.2 Å². The maximum Gasteiger partial charge on any atom is 0.328 e. The number of hydrogen-bond donors (Lipinski definition) is 2. The smallest absolute Gasteiger partial charge is 0.328 e. The summed E-state index contributed by atoms with van der Waals surface area (Å²) in [4.78, 5) is 36.9. The average molecular weight is 453 g/mol. The normalized spacial score (nSPS) is 18.8. The molecule has 0 bridgehead atoms. The molecule has 7 heteroatoms. The molecule has 0 aliphatic carbocycles. The molecule has 2 N–H and O–H groups in total. The van der Waals surface area contributed by atoms with E-state index in [0.717, 1.165) is 31.5 Å². The maximum atomic E-state index is 13.1. The average Bonchev–Trinajstić information content (AvgIpc) is 3.32. The molecule has 2 aromatic carbocycles. The Morgan fingerprint density at radius 3 is 2.18 bits per heavy atom. The zero-order chi connectivity index (χ0) is 23.6. The Hall–Kier alpha value is -3.19. The van der Waals surface area contributed by atoms with Crippen LogP contribution >= 0.6 is 0 Å². The van der Waals surface area contributed by atoms with Gasteiger partial charge in [0.05, 0.1) is 6.42 Å². The Kier molecular flexibility index (Phi) is 9.01. The molecule has 1 unspecified atom stereocenters. The van der Waals surface area contributed by atoms with Gasteiger partial charge in [0, 0.05) is 31.3 Å². The summed E-state index contributed by atoms with van der Waals surface area (Å²) >= 11 is 0. The van der Waals surface area contributed by atoms with E-state index in [9.17, 15) is 14.4 Å². The lowest BCUT2D eigenvalue weighted by atomic mass is 9.98. The van der Waals surface area contributed by atoms with Crippen LogP contribution in [0.1, 0.15) is 37.7 Å². The molecule has 1 amide bonds. The first-order valence-electron chi connectivity index (χ1n) is 11.6. The molecule has 2 fully saturated rings. The van der Waals surface area contributed by atoms with Crippen LogP contribution in [0.2, 0.25) is 0 Å². The summed E-state index contributed by atoms with van der Waals surface area (Å²) < 4.78 is 0. The summed E-state index contributed by atoms with van der Waals surface area (Å²) in [6, 6.07) is 15.1. The third kappa shape index (κ3) is 7.43. The molecule has 2 heterocycles. The van der Waals surface area contributed by atoms with Gasteiger partial charge in [0.1, 0.15) is 0 Å². The Labute approximate surface area is 194 Å². The number of piperidine rings is 1. The molecule has 33 heavy (non-hydrogen) atoms. The molecule has 2 saturated heterocycles. The van der Waals surface area contributed by atoms with Crippen molar-refractivity contribution in [3.8, 4) is 0 Å². The molecule has 2 aliphatic rings. The van der Waals surface area contributed by atoms with E-state index in [1.807, 2.05) is 0 Å². The zero-order valence-electron chi connectivity index (χ0n) is 18.9. The van der Waals surface area contributed by atoms with Crippen LogP contribution in [0.25, 0.3) is 10.8 Å². The predicted octanol–water partition coefficient (Wildman–Crippen LogP) is 3.57. The van der Waals surface area contributed by atoms with Gasteiger partial charge in [0.15, 0.2) is 0 Å². The van der Waals surface area contributed by atoms with Crippen LogP contribution < -0.4 is 0 Å². The number of carbonyl (C=O) groups is 3. The van der Waals surface area contributed by atoms with Gasteiger partial charge in [0.25, 0.3) is 0 Å². The van der Waals surface area contributed by atoms with Crippen molar-refractivity contribution >= 4 is 28.6 Å². The Bertz CT molecular complexity index is 976. The minimum Gasteiger partial charge on any atom is -0.478 e. The number of hydrogen-bond acceptors (Lipinski definition) is 4. The largest absolute Gasteiger partial charge is 0.478 e. The van der Waals surface area contributed by atoms with E-state index in [1.165, 1.54) is 43.1 Å². The molecule has 1 atom stereocenters. The second-order valence-electron chi connectivity index (χ2n) is 8.57. The van der Waals surface area contributed by atoms with Gasteiger partial charge >= 0.3 is 11.9 Å². The van der Waals surface area contributed by atoms with Crippen LogP contribution in [0.3, 0.4) is 0 Å². The quantitative estimate of drug-likeness (QED) is 0.651. The van der Waals surface area contributed by atoms with E-state index >= 15 is 0 Å². The predicted molar refractivity (Wildman–Crippen MR) is 127 cm³/mol. The highest BCUT2D eigenvalue weighted by atomic mass is 16.4. The number of nitrogens with zero attached hydrogens (tertiary/aromatic N) is 2. The van der Waals surface area contributed by atoms with E-state index in [1.54, 1.807) is 0 Å². The summed E-state index contributed by atoms with van der Waals surface area (Å²) in [5.74, 6) is -2.21. The van der Waals surface area contributed by atoms with E-state index in [-0.39, 0.29) is 0 Å². The van der Waals surface area contributed by atoms with Crippen molar-refractivity contribution < 1.29 is 24.6 Å². The highest BCUT2D eigenvalue weighted by molar-refractivity contribution is 5.90. The lowest BCUT2D eigenvalue weighted by Crippen LogP contribution is -2.49. The highest BCUT2D eigenvalue weighted by Gasteiger charge is 2.29. The Morgan fingerprint density at radius 2 is 1.48 bits per heavy atom. The van der Waals surface area contributed by atoms with Crippen molar-refractivity contribution in [2.45, 2.75) is 44.6 Å². The van der Waals surface area contributed by atoms with Crippen LogP contribution in [0.15, 0.2) is 54.6 Å². The number of carboxylic acid groups (broad SMARTS) is 2. The number of aliphatic carboxylic acids is 2. The monoisotopic (exact) mass is 452 g/mol. The second-order valence-corrected chi connectivity index (χ2v) is 8.57.